The number of hydrogen-bond donors (Lipinski definition) is 3. The van der Waals surface area contributed by atoms with Crippen molar-refractivity contribution < 1.29 is 4.79 Å². The third-order valence-corrected chi connectivity index (χ3v) is 5.02. The maximum atomic E-state index is 11.6. The maximum absolute atomic E-state index is 11.6. The van der Waals surface area contributed by atoms with Crippen molar-refractivity contribution in [2.75, 3.05) is 26.7 Å². The summed E-state index contributed by atoms with van der Waals surface area (Å²) in [4.78, 5) is 15.8. The number of nitrogens with one attached hydrogen (secondary N) is 3. The standard InChI is InChI=1S/C18H27BrN4O/c1-3-11-21-16(24)8-12-22-17(20-2)23-13-18(9-10-18)14-6-4-5-7-15(14)19/h4-7H,3,8-13H2,1-2H3,(H,21,24)(H2,20,22,23). The van der Waals surface area contributed by atoms with Crippen molar-refractivity contribution >= 4 is 27.8 Å². The molecular formula is C18H27BrN4O. The molecule has 1 amide bonds. The highest BCUT2D eigenvalue weighted by atomic mass is 79.9. The van der Waals surface area contributed by atoms with Crippen LogP contribution in [0.3, 0.4) is 0 Å². The molecule has 1 aromatic carbocycles. The lowest BCUT2D eigenvalue weighted by Gasteiger charge is -2.20. The van der Waals surface area contributed by atoms with Gasteiger partial charge in [0.05, 0.1) is 0 Å². The zero-order valence-corrected chi connectivity index (χ0v) is 16.1. The van der Waals surface area contributed by atoms with Crippen molar-refractivity contribution in [2.45, 2.75) is 38.0 Å². The fourth-order valence-corrected chi connectivity index (χ4v) is 3.41. The van der Waals surface area contributed by atoms with E-state index in [0.717, 1.165) is 25.5 Å². The van der Waals surface area contributed by atoms with Crippen molar-refractivity contribution in [3.63, 3.8) is 0 Å². The topological polar surface area (TPSA) is 65.5 Å². The molecule has 2 rings (SSSR count). The second-order valence-corrected chi connectivity index (χ2v) is 7.07. The molecule has 0 heterocycles. The Hall–Kier alpha value is -1.56. The van der Waals surface area contributed by atoms with Gasteiger partial charge >= 0.3 is 0 Å². The van der Waals surface area contributed by atoms with Crippen LogP contribution in [0.25, 0.3) is 0 Å². The summed E-state index contributed by atoms with van der Waals surface area (Å²) in [6, 6.07) is 8.41. The minimum atomic E-state index is 0.0756. The van der Waals surface area contributed by atoms with Crippen LogP contribution in [0.2, 0.25) is 0 Å². The predicted octanol–water partition coefficient (Wildman–Crippen LogP) is 2.56. The molecule has 132 valence electrons. The molecule has 0 aliphatic heterocycles. The number of benzene rings is 1. The highest BCUT2D eigenvalue weighted by Crippen LogP contribution is 2.49. The Morgan fingerprint density at radius 3 is 2.58 bits per heavy atom. The van der Waals surface area contributed by atoms with Gasteiger partial charge in [-0.1, -0.05) is 41.1 Å². The molecule has 5 nitrogen and oxygen atoms in total. The first-order valence-corrected chi connectivity index (χ1v) is 9.37. The van der Waals surface area contributed by atoms with Gasteiger partial charge in [0.1, 0.15) is 0 Å². The van der Waals surface area contributed by atoms with Crippen LogP contribution in [0.4, 0.5) is 0 Å². The van der Waals surface area contributed by atoms with Gasteiger partial charge in [-0.25, -0.2) is 0 Å². The maximum Gasteiger partial charge on any atom is 0.221 e. The normalized spacial score (nSPS) is 15.7. The number of carbonyl (C=O) groups is 1. The Morgan fingerprint density at radius 2 is 1.96 bits per heavy atom. The second-order valence-electron chi connectivity index (χ2n) is 6.21. The van der Waals surface area contributed by atoms with Crippen molar-refractivity contribution in [3.8, 4) is 0 Å². The summed E-state index contributed by atoms with van der Waals surface area (Å²) in [6.07, 6.45) is 3.77. The molecule has 0 bridgehead atoms. The molecule has 24 heavy (non-hydrogen) atoms. The lowest BCUT2D eigenvalue weighted by atomic mass is 9.96. The molecule has 0 saturated heterocycles. The molecule has 1 aromatic rings. The van der Waals surface area contributed by atoms with Crippen molar-refractivity contribution in [1.29, 1.82) is 0 Å². The minimum Gasteiger partial charge on any atom is -0.356 e. The number of carbonyl (C=O) groups excluding carboxylic acids is 1. The highest BCUT2D eigenvalue weighted by Gasteiger charge is 2.45. The first kappa shape index (κ1) is 18.8. The summed E-state index contributed by atoms with van der Waals surface area (Å²) in [6.45, 7) is 4.21. The number of hydrogen-bond acceptors (Lipinski definition) is 2. The van der Waals surface area contributed by atoms with Gasteiger partial charge in [-0.15, -0.1) is 0 Å². The average molecular weight is 395 g/mol. The molecule has 6 heteroatoms. The number of nitrogens with zero attached hydrogens (tertiary/aromatic N) is 1. The first-order chi connectivity index (χ1) is 11.6. The van der Waals surface area contributed by atoms with E-state index < -0.39 is 0 Å². The zero-order chi connectivity index (χ0) is 17.4. The van der Waals surface area contributed by atoms with Gasteiger partial charge in [-0.2, -0.15) is 0 Å². The van der Waals surface area contributed by atoms with Gasteiger partial charge in [0, 0.05) is 43.0 Å². The van der Waals surface area contributed by atoms with Gasteiger partial charge in [-0.3, -0.25) is 9.79 Å². The summed E-state index contributed by atoms with van der Waals surface area (Å²) >= 11 is 3.66. The average Bonchev–Trinajstić information content (AvgIpc) is 3.37. The molecule has 1 aliphatic rings. The van der Waals surface area contributed by atoms with E-state index in [0.29, 0.717) is 13.0 Å². The largest absolute Gasteiger partial charge is 0.356 e. The molecule has 0 radical (unpaired) electrons. The Bertz CT molecular complexity index is 584. The molecule has 1 fully saturated rings. The van der Waals surface area contributed by atoms with Crippen LogP contribution >= 0.6 is 15.9 Å². The predicted molar refractivity (Wildman–Crippen MR) is 102 cm³/mol. The Balaban J connectivity index is 1.78. The Kier molecular flexibility index (Phi) is 7.09. The number of halogens is 1. The third kappa shape index (κ3) is 5.23. The smallest absolute Gasteiger partial charge is 0.221 e. The molecule has 0 spiro atoms. The zero-order valence-electron chi connectivity index (χ0n) is 14.5. The molecule has 1 aliphatic carbocycles. The quantitative estimate of drug-likeness (QED) is 0.468. The van der Waals surface area contributed by atoms with E-state index in [-0.39, 0.29) is 11.3 Å². The number of rotatable bonds is 8. The van der Waals surface area contributed by atoms with Crippen LogP contribution in [0.1, 0.15) is 38.2 Å². The van der Waals surface area contributed by atoms with E-state index in [2.05, 4.69) is 55.1 Å². The van der Waals surface area contributed by atoms with E-state index >= 15 is 0 Å². The van der Waals surface area contributed by atoms with E-state index in [4.69, 9.17) is 0 Å². The van der Waals surface area contributed by atoms with Gasteiger partial charge in [0.25, 0.3) is 0 Å². The fourth-order valence-electron chi connectivity index (χ4n) is 2.70. The fraction of sp³-hybridized carbons (Fsp3) is 0.556. The van der Waals surface area contributed by atoms with E-state index in [1.54, 1.807) is 7.05 Å². The van der Waals surface area contributed by atoms with Crippen LogP contribution in [0.15, 0.2) is 33.7 Å². The van der Waals surface area contributed by atoms with Crippen LogP contribution in [0, 0.1) is 0 Å². The Morgan fingerprint density at radius 1 is 1.21 bits per heavy atom. The van der Waals surface area contributed by atoms with Gasteiger partial charge in [0.2, 0.25) is 5.91 Å². The summed E-state index contributed by atoms with van der Waals surface area (Å²) < 4.78 is 1.17. The SMILES string of the molecule is CCCNC(=O)CCNC(=NC)NCC1(c2ccccc2Br)CC1. The van der Waals surface area contributed by atoms with Crippen LogP contribution in [-0.4, -0.2) is 38.5 Å². The third-order valence-electron chi connectivity index (χ3n) is 4.33. The number of guanidine groups is 1. The summed E-state index contributed by atoms with van der Waals surface area (Å²) in [5, 5.41) is 9.48. The number of amides is 1. The molecule has 3 N–H and O–H groups in total. The molecule has 0 atom stereocenters. The van der Waals surface area contributed by atoms with Gasteiger partial charge < -0.3 is 16.0 Å². The lowest BCUT2D eigenvalue weighted by molar-refractivity contribution is -0.120. The van der Waals surface area contributed by atoms with E-state index in [9.17, 15) is 4.79 Å². The first-order valence-electron chi connectivity index (χ1n) is 8.57. The molecular weight excluding hydrogens is 368 g/mol. The Labute approximate surface area is 152 Å². The van der Waals surface area contributed by atoms with E-state index in [1.165, 1.54) is 22.9 Å². The van der Waals surface area contributed by atoms with Crippen molar-refractivity contribution in [3.05, 3.63) is 34.3 Å². The summed E-state index contributed by atoms with van der Waals surface area (Å²) in [5.74, 6) is 0.823. The molecule has 0 aromatic heterocycles. The molecule has 1 saturated carbocycles. The lowest BCUT2D eigenvalue weighted by Crippen LogP contribution is -2.42. The van der Waals surface area contributed by atoms with Crippen LogP contribution in [-0.2, 0) is 10.2 Å². The van der Waals surface area contributed by atoms with E-state index in [1.807, 2.05) is 13.0 Å². The molecule has 0 unspecified atom stereocenters. The monoisotopic (exact) mass is 394 g/mol. The summed E-state index contributed by atoms with van der Waals surface area (Å²) in [5.41, 5.74) is 1.54. The summed E-state index contributed by atoms with van der Waals surface area (Å²) in [7, 11) is 1.75. The van der Waals surface area contributed by atoms with Gasteiger partial charge in [0.15, 0.2) is 5.96 Å². The highest BCUT2D eigenvalue weighted by molar-refractivity contribution is 9.10. The second kappa shape index (κ2) is 9.06. The van der Waals surface area contributed by atoms with Crippen LogP contribution in [0.5, 0.6) is 0 Å². The van der Waals surface area contributed by atoms with Crippen molar-refractivity contribution in [1.82, 2.24) is 16.0 Å². The minimum absolute atomic E-state index is 0.0756. The van der Waals surface area contributed by atoms with Gasteiger partial charge in [-0.05, 0) is 30.9 Å². The van der Waals surface area contributed by atoms with Crippen LogP contribution < -0.4 is 16.0 Å². The number of aliphatic imine (C=N–C) groups is 1. The van der Waals surface area contributed by atoms with Crippen molar-refractivity contribution in [2.24, 2.45) is 4.99 Å².